The van der Waals surface area contributed by atoms with E-state index < -0.39 is 0 Å². The Morgan fingerprint density at radius 3 is 2.17 bits per heavy atom. The Morgan fingerprint density at radius 1 is 1.33 bits per heavy atom. The number of hydrazine groups is 2. The van der Waals surface area contributed by atoms with Gasteiger partial charge in [0.15, 0.2) is 0 Å². The van der Waals surface area contributed by atoms with Crippen LogP contribution in [-0.4, -0.2) is 11.1 Å². The van der Waals surface area contributed by atoms with E-state index in [2.05, 4.69) is 56.8 Å². The molecule has 1 heterocycles. The quantitative estimate of drug-likeness (QED) is 0.624. The third-order valence-electron chi connectivity index (χ3n) is 1.95. The highest BCUT2D eigenvalue weighted by Gasteiger charge is 2.23. The van der Waals surface area contributed by atoms with Crippen LogP contribution in [0.3, 0.4) is 0 Å². The normalized spacial score (nSPS) is 18.2. The van der Waals surface area contributed by atoms with Crippen LogP contribution in [0, 0.1) is 5.41 Å². The second-order valence-electron chi connectivity index (χ2n) is 4.53. The van der Waals surface area contributed by atoms with Crippen molar-refractivity contribution < 1.29 is 0 Å². The summed E-state index contributed by atoms with van der Waals surface area (Å²) in [7, 11) is 0. The molecule has 3 heteroatoms. The molecule has 0 amide bonds. The Kier molecular flexibility index (Phi) is 2.33. The van der Waals surface area contributed by atoms with Crippen LogP contribution in [0.1, 0.15) is 34.6 Å². The number of nitrogens with zero attached hydrogens (tertiary/aromatic N) is 1. The van der Waals surface area contributed by atoms with Crippen molar-refractivity contribution in [3.8, 4) is 0 Å². The van der Waals surface area contributed by atoms with Crippen LogP contribution in [-0.2, 0) is 0 Å². The fourth-order valence-electron chi connectivity index (χ4n) is 0.988. The minimum absolute atomic E-state index is 0.191. The summed E-state index contributed by atoms with van der Waals surface area (Å²) in [6.07, 6.45) is 2.13. The molecule has 12 heavy (non-hydrogen) atoms. The second kappa shape index (κ2) is 2.98. The number of nitrogens with one attached hydrogen (secondary N) is 2. The first-order valence-electron chi connectivity index (χ1n) is 4.43. The highest BCUT2D eigenvalue weighted by Crippen LogP contribution is 2.24. The van der Waals surface area contributed by atoms with Crippen molar-refractivity contribution in [2.24, 2.45) is 5.41 Å². The van der Waals surface area contributed by atoms with Gasteiger partial charge in [0.25, 0.3) is 0 Å². The molecule has 0 aromatic rings. The Balaban J connectivity index is 2.66. The van der Waals surface area contributed by atoms with E-state index in [1.807, 2.05) is 0 Å². The Labute approximate surface area is 74.8 Å². The molecule has 0 unspecified atom stereocenters. The van der Waals surface area contributed by atoms with Gasteiger partial charge in [0.1, 0.15) is 0 Å². The zero-order valence-electron chi connectivity index (χ0n) is 8.60. The van der Waals surface area contributed by atoms with Crippen LogP contribution in [0.4, 0.5) is 0 Å². The lowest BCUT2D eigenvalue weighted by Gasteiger charge is -2.19. The SMILES string of the molecule is CC(C)N1C=C(C(C)(C)C)NN1. The molecule has 0 atom stereocenters. The van der Waals surface area contributed by atoms with E-state index >= 15 is 0 Å². The van der Waals surface area contributed by atoms with Crippen molar-refractivity contribution in [3.63, 3.8) is 0 Å². The maximum atomic E-state index is 3.16. The molecular weight excluding hydrogens is 150 g/mol. The monoisotopic (exact) mass is 169 g/mol. The van der Waals surface area contributed by atoms with E-state index in [9.17, 15) is 0 Å². The predicted octanol–water partition coefficient (Wildman–Crippen LogP) is 1.61. The third-order valence-corrected chi connectivity index (χ3v) is 1.95. The first-order chi connectivity index (χ1) is 5.41. The molecule has 1 aliphatic rings. The summed E-state index contributed by atoms with van der Waals surface area (Å²) in [6.45, 7) is 10.9. The Bertz CT molecular complexity index is 188. The molecule has 1 rings (SSSR count). The van der Waals surface area contributed by atoms with E-state index in [0.717, 1.165) is 0 Å². The van der Waals surface area contributed by atoms with Crippen molar-refractivity contribution in [1.82, 2.24) is 16.0 Å². The van der Waals surface area contributed by atoms with Gasteiger partial charge in [0.05, 0.1) is 5.70 Å². The van der Waals surface area contributed by atoms with Crippen molar-refractivity contribution in [3.05, 3.63) is 11.9 Å². The van der Waals surface area contributed by atoms with Gasteiger partial charge in [-0.05, 0) is 13.8 Å². The minimum atomic E-state index is 0.191. The van der Waals surface area contributed by atoms with E-state index in [0.29, 0.717) is 6.04 Å². The van der Waals surface area contributed by atoms with Crippen molar-refractivity contribution >= 4 is 0 Å². The van der Waals surface area contributed by atoms with Gasteiger partial charge in [-0.2, -0.15) is 0 Å². The molecule has 1 aliphatic heterocycles. The molecule has 0 saturated heterocycles. The Hall–Kier alpha value is -0.700. The summed E-state index contributed by atoms with van der Waals surface area (Å²) in [6, 6.07) is 0.484. The van der Waals surface area contributed by atoms with E-state index in [1.54, 1.807) is 0 Å². The number of allylic oxidation sites excluding steroid dienone is 1. The number of rotatable bonds is 1. The van der Waals surface area contributed by atoms with Crippen LogP contribution in [0.25, 0.3) is 0 Å². The predicted molar refractivity (Wildman–Crippen MR) is 50.8 cm³/mol. The van der Waals surface area contributed by atoms with Gasteiger partial charge >= 0.3 is 0 Å². The van der Waals surface area contributed by atoms with Crippen molar-refractivity contribution in [2.45, 2.75) is 40.7 Å². The van der Waals surface area contributed by atoms with Crippen LogP contribution < -0.4 is 11.0 Å². The van der Waals surface area contributed by atoms with Crippen LogP contribution >= 0.6 is 0 Å². The topological polar surface area (TPSA) is 27.3 Å². The molecule has 70 valence electrons. The van der Waals surface area contributed by atoms with Gasteiger partial charge in [-0.25, -0.2) is 0 Å². The summed E-state index contributed by atoms with van der Waals surface area (Å²) >= 11 is 0. The molecule has 0 radical (unpaired) electrons. The summed E-state index contributed by atoms with van der Waals surface area (Å²) in [4.78, 5) is 0. The lowest BCUT2D eigenvalue weighted by molar-refractivity contribution is 0.219. The molecule has 0 fully saturated rings. The third kappa shape index (κ3) is 1.91. The summed E-state index contributed by atoms with van der Waals surface area (Å²) < 4.78 is 0. The maximum absolute atomic E-state index is 3.16. The average Bonchev–Trinajstić information content (AvgIpc) is 2.30. The standard InChI is InChI=1S/C9H19N3/c1-7(2)12-6-8(10-11-12)9(3,4)5/h6-7,10-11H,1-5H3. The second-order valence-corrected chi connectivity index (χ2v) is 4.53. The molecule has 2 N–H and O–H groups in total. The zero-order chi connectivity index (χ0) is 9.35. The Morgan fingerprint density at radius 2 is 1.92 bits per heavy atom. The van der Waals surface area contributed by atoms with Crippen LogP contribution in [0.2, 0.25) is 0 Å². The smallest absolute Gasteiger partial charge is 0.0507 e. The van der Waals surface area contributed by atoms with Gasteiger partial charge < -0.3 is 5.43 Å². The molecule has 0 aromatic carbocycles. The number of hydrogen-bond acceptors (Lipinski definition) is 3. The van der Waals surface area contributed by atoms with Gasteiger partial charge in [-0.1, -0.05) is 20.8 Å². The summed E-state index contributed by atoms with van der Waals surface area (Å²) in [5, 5.41) is 2.07. The number of hydrogen-bond donors (Lipinski definition) is 2. The van der Waals surface area contributed by atoms with Gasteiger partial charge in [-0.3, -0.25) is 5.01 Å². The largest absolute Gasteiger partial charge is 0.306 e. The van der Waals surface area contributed by atoms with Gasteiger partial charge in [0.2, 0.25) is 0 Å². The molecule has 3 nitrogen and oxygen atoms in total. The van der Waals surface area contributed by atoms with Crippen LogP contribution in [0.5, 0.6) is 0 Å². The molecule has 0 saturated carbocycles. The van der Waals surface area contributed by atoms with Crippen LogP contribution in [0.15, 0.2) is 11.9 Å². The lowest BCUT2D eigenvalue weighted by atomic mass is 9.93. The van der Waals surface area contributed by atoms with E-state index in [4.69, 9.17) is 0 Å². The summed E-state index contributed by atoms with van der Waals surface area (Å²) in [5.74, 6) is 0. The highest BCUT2D eigenvalue weighted by atomic mass is 15.7. The molecular formula is C9H19N3. The van der Waals surface area contributed by atoms with Crippen molar-refractivity contribution in [1.29, 1.82) is 0 Å². The first-order valence-corrected chi connectivity index (χ1v) is 4.43. The molecule has 0 aliphatic carbocycles. The lowest BCUT2D eigenvalue weighted by Crippen LogP contribution is -2.41. The van der Waals surface area contributed by atoms with Gasteiger partial charge in [-0.15, -0.1) is 5.53 Å². The van der Waals surface area contributed by atoms with Crippen molar-refractivity contribution in [2.75, 3.05) is 0 Å². The molecule has 0 spiro atoms. The van der Waals surface area contributed by atoms with Gasteiger partial charge in [0, 0.05) is 17.7 Å². The van der Waals surface area contributed by atoms with E-state index in [-0.39, 0.29) is 5.41 Å². The minimum Gasteiger partial charge on any atom is -0.306 e. The maximum Gasteiger partial charge on any atom is 0.0507 e. The summed E-state index contributed by atoms with van der Waals surface area (Å²) in [5.41, 5.74) is 7.69. The fourth-order valence-corrected chi connectivity index (χ4v) is 0.988. The molecule has 0 bridgehead atoms. The molecule has 0 aromatic heterocycles. The zero-order valence-corrected chi connectivity index (χ0v) is 8.60. The van der Waals surface area contributed by atoms with E-state index in [1.165, 1.54) is 5.70 Å². The average molecular weight is 169 g/mol. The highest BCUT2D eigenvalue weighted by molar-refractivity contribution is 5.10. The first kappa shape index (κ1) is 9.39. The fraction of sp³-hybridized carbons (Fsp3) is 0.778.